The summed E-state index contributed by atoms with van der Waals surface area (Å²) in [5.41, 5.74) is 0.346. The predicted molar refractivity (Wildman–Crippen MR) is 114 cm³/mol. The number of likely N-dealkylation sites (tertiary alicyclic amines) is 2. The Bertz CT molecular complexity index is 734. The molecule has 2 aliphatic rings. The molecule has 2 aliphatic heterocycles. The average molecular weight is 420 g/mol. The Morgan fingerprint density at radius 1 is 1.20 bits per heavy atom. The second-order valence-electron chi connectivity index (χ2n) is 8.35. The molecule has 0 aromatic heterocycles. The van der Waals surface area contributed by atoms with Crippen LogP contribution in [0.3, 0.4) is 0 Å². The first-order valence-corrected chi connectivity index (χ1v) is 11.1. The number of piperidine rings is 1. The summed E-state index contributed by atoms with van der Waals surface area (Å²) in [5.74, 6) is 0.0451. The highest BCUT2D eigenvalue weighted by Gasteiger charge is 2.26. The van der Waals surface area contributed by atoms with Crippen LogP contribution in [0.4, 0.5) is 4.39 Å². The molecule has 3 rings (SSSR count). The Kier molecular flexibility index (Phi) is 8.08. The van der Waals surface area contributed by atoms with Gasteiger partial charge in [0.2, 0.25) is 5.91 Å². The van der Waals surface area contributed by atoms with Gasteiger partial charge >= 0.3 is 0 Å². The number of carbonyl (C=O) groups is 2. The molecule has 166 valence electrons. The monoisotopic (exact) mass is 419 g/mol. The first-order valence-electron chi connectivity index (χ1n) is 11.1. The summed E-state index contributed by atoms with van der Waals surface area (Å²) in [6, 6.07) is 4.81. The molecule has 1 atom stereocenters. The SMILES string of the molecule is CCN1CCCC1CNC(=O)CCC1CCN(C(=O)c2ccc(OC)c(F)c2)CC1. The Hall–Kier alpha value is -2.15. The maximum Gasteiger partial charge on any atom is 0.253 e. The van der Waals surface area contributed by atoms with Crippen LogP contribution in [0, 0.1) is 11.7 Å². The summed E-state index contributed by atoms with van der Waals surface area (Å²) in [6.45, 7) is 6.39. The van der Waals surface area contributed by atoms with E-state index < -0.39 is 5.82 Å². The van der Waals surface area contributed by atoms with Gasteiger partial charge < -0.3 is 15.0 Å². The van der Waals surface area contributed by atoms with Gasteiger partial charge in [-0.1, -0.05) is 6.92 Å². The summed E-state index contributed by atoms with van der Waals surface area (Å²) in [7, 11) is 1.40. The van der Waals surface area contributed by atoms with Crippen LogP contribution >= 0.6 is 0 Å². The number of methoxy groups -OCH3 is 1. The number of halogens is 1. The smallest absolute Gasteiger partial charge is 0.253 e. The Balaban J connectivity index is 1.37. The van der Waals surface area contributed by atoms with Crippen LogP contribution in [0.5, 0.6) is 5.75 Å². The van der Waals surface area contributed by atoms with E-state index >= 15 is 0 Å². The van der Waals surface area contributed by atoms with Crippen molar-refractivity contribution in [2.24, 2.45) is 5.92 Å². The lowest BCUT2D eigenvalue weighted by Crippen LogP contribution is -2.40. The second kappa shape index (κ2) is 10.8. The van der Waals surface area contributed by atoms with Crippen LogP contribution in [-0.4, -0.2) is 67.5 Å². The van der Waals surface area contributed by atoms with E-state index in [9.17, 15) is 14.0 Å². The maximum atomic E-state index is 13.9. The van der Waals surface area contributed by atoms with E-state index in [-0.39, 0.29) is 17.6 Å². The van der Waals surface area contributed by atoms with Gasteiger partial charge in [-0.05, 0) is 69.3 Å². The van der Waals surface area contributed by atoms with E-state index in [2.05, 4.69) is 17.1 Å². The molecule has 1 unspecified atom stereocenters. The molecule has 6 nitrogen and oxygen atoms in total. The number of amides is 2. The number of hydrogen-bond donors (Lipinski definition) is 1. The predicted octanol–water partition coefficient (Wildman–Crippen LogP) is 3.07. The van der Waals surface area contributed by atoms with Crippen molar-refractivity contribution in [2.75, 3.05) is 39.8 Å². The Morgan fingerprint density at radius 3 is 2.63 bits per heavy atom. The number of carbonyl (C=O) groups excluding carboxylic acids is 2. The highest BCUT2D eigenvalue weighted by molar-refractivity contribution is 5.94. The van der Waals surface area contributed by atoms with Gasteiger partial charge in [0.25, 0.3) is 5.91 Å². The fourth-order valence-electron chi connectivity index (χ4n) is 4.60. The van der Waals surface area contributed by atoms with Crippen molar-refractivity contribution in [3.05, 3.63) is 29.6 Å². The molecule has 2 saturated heterocycles. The summed E-state index contributed by atoms with van der Waals surface area (Å²) in [5, 5.41) is 3.10. The van der Waals surface area contributed by atoms with E-state index in [1.165, 1.54) is 32.1 Å². The molecule has 0 spiro atoms. The number of likely N-dealkylation sites (N-methyl/N-ethyl adjacent to an activating group) is 1. The normalized spacial score (nSPS) is 20.4. The van der Waals surface area contributed by atoms with Crippen molar-refractivity contribution >= 4 is 11.8 Å². The fraction of sp³-hybridized carbons (Fsp3) is 0.652. The second-order valence-corrected chi connectivity index (χ2v) is 8.35. The topological polar surface area (TPSA) is 61.9 Å². The van der Waals surface area contributed by atoms with Crippen molar-refractivity contribution < 1.29 is 18.7 Å². The minimum absolute atomic E-state index is 0.130. The molecule has 7 heteroatoms. The summed E-state index contributed by atoms with van der Waals surface area (Å²) in [6.07, 6.45) is 5.54. The molecular weight excluding hydrogens is 385 g/mol. The summed E-state index contributed by atoms with van der Waals surface area (Å²) < 4.78 is 18.8. The first kappa shape index (κ1) is 22.5. The lowest BCUT2D eigenvalue weighted by Gasteiger charge is -2.32. The van der Waals surface area contributed by atoms with Crippen LogP contribution in [0.1, 0.15) is 55.8 Å². The number of rotatable bonds is 8. The molecule has 0 radical (unpaired) electrons. The fourth-order valence-corrected chi connectivity index (χ4v) is 4.60. The van der Waals surface area contributed by atoms with E-state index in [4.69, 9.17) is 4.74 Å². The standard InChI is InChI=1S/C23H34FN3O3/c1-3-26-12-4-5-19(26)16-25-22(28)9-6-17-10-13-27(14-11-17)23(29)18-7-8-21(30-2)20(24)15-18/h7-8,15,17,19H,3-6,9-14,16H2,1-2H3,(H,25,28). The van der Waals surface area contributed by atoms with Gasteiger partial charge in [0.05, 0.1) is 7.11 Å². The number of ether oxygens (including phenoxy) is 1. The third-order valence-electron chi connectivity index (χ3n) is 6.52. The van der Waals surface area contributed by atoms with Crippen molar-refractivity contribution in [1.29, 1.82) is 0 Å². The molecule has 30 heavy (non-hydrogen) atoms. The molecule has 0 bridgehead atoms. The van der Waals surface area contributed by atoms with Gasteiger partial charge in [0, 0.05) is 37.7 Å². The minimum atomic E-state index is -0.524. The van der Waals surface area contributed by atoms with Crippen LogP contribution in [0.2, 0.25) is 0 Å². The lowest BCUT2D eigenvalue weighted by atomic mass is 9.91. The molecule has 1 aromatic carbocycles. The van der Waals surface area contributed by atoms with E-state index in [0.717, 1.165) is 38.9 Å². The molecule has 0 aliphatic carbocycles. The van der Waals surface area contributed by atoms with Crippen molar-refractivity contribution in [2.45, 2.75) is 51.5 Å². The third-order valence-corrected chi connectivity index (χ3v) is 6.52. The van der Waals surface area contributed by atoms with E-state index in [0.29, 0.717) is 37.0 Å². The van der Waals surface area contributed by atoms with Crippen molar-refractivity contribution in [1.82, 2.24) is 15.1 Å². The molecule has 1 N–H and O–H groups in total. The first-order chi connectivity index (χ1) is 14.5. The highest BCUT2D eigenvalue weighted by atomic mass is 19.1. The number of nitrogens with zero attached hydrogens (tertiary/aromatic N) is 2. The van der Waals surface area contributed by atoms with Gasteiger partial charge in [-0.25, -0.2) is 4.39 Å². The zero-order valence-corrected chi connectivity index (χ0v) is 18.2. The number of hydrogen-bond acceptors (Lipinski definition) is 4. The zero-order chi connectivity index (χ0) is 21.5. The quantitative estimate of drug-likeness (QED) is 0.704. The van der Waals surface area contributed by atoms with Crippen LogP contribution in [0.25, 0.3) is 0 Å². The van der Waals surface area contributed by atoms with Crippen molar-refractivity contribution in [3.63, 3.8) is 0 Å². The van der Waals surface area contributed by atoms with Crippen molar-refractivity contribution in [3.8, 4) is 5.75 Å². The van der Waals surface area contributed by atoms with Gasteiger partial charge in [0.1, 0.15) is 0 Å². The molecule has 1 aromatic rings. The number of nitrogens with one attached hydrogen (secondary N) is 1. The van der Waals surface area contributed by atoms with Crippen LogP contribution < -0.4 is 10.1 Å². The maximum absolute atomic E-state index is 13.9. The zero-order valence-electron chi connectivity index (χ0n) is 18.2. The largest absolute Gasteiger partial charge is 0.494 e. The lowest BCUT2D eigenvalue weighted by molar-refractivity contribution is -0.121. The highest BCUT2D eigenvalue weighted by Crippen LogP contribution is 2.24. The van der Waals surface area contributed by atoms with Gasteiger partial charge in [0.15, 0.2) is 11.6 Å². The van der Waals surface area contributed by atoms with E-state index in [1.54, 1.807) is 11.0 Å². The summed E-state index contributed by atoms with van der Waals surface area (Å²) in [4.78, 5) is 29.1. The minimum Gasteiger partial charge on any atom is -0.494 e. The summed E-state index contributed by atoms with van der Waals surface area (Å²) >= 11 is 0. The van der Waals surface area contributed by atoms with Crippen LogP contribution in [0.15, 0.2) is 18.2 Å². The Labute approximate surface area is 178 Å². The van der Waals surface area contributed by atoms with Crippen LogP contribution in [-0.2, 0) is 4.79 Å². The van der Waals surface area contributed by atoms with E-state index in [1.807, 2.05) is 0 Å². The molecule has 2 fully saturated rings. The molecular formula is C23H34FN3O3. The van der Waals surface area contributed by atoms with Gasteiger partial charge in [-0.15, -0.1) is 0 Å². The number of benzene rings is 1. The molecule has 2 heterocycles. The molecule has 0 saturated carbocycles. The molecule has 2 amide bonds. The van der Waals surface area contributed by atoms with Gasteiger partial charge in [-0.3, -0.25) is 14.5 Å². The Morgan fingerprint density at radius 2 is 1.97 bits per heavy atom. The average Bonchev–Trinajstić information content (AvgIpc) is 3.23. The third kappa shape index (κ3) is 5.72. The van der Waals surface area contributed by atoms with Gasteiger partial charge in [-0.2, -0.15) is 0 Å².